The fourth-order valence-corrected chi connectivity index (χ4v) is 0.739. The Morgan fingerprint density at radius 3 is 2.30 bits per heavy atom. The van der Waals surface area contributed by atoms with Gasteiger partial charge >= 0.3 is 0 Å². The zero-order chi connectivity index (χ0) is 7.40. The molecular formula is C10H9. The summed E-state index contributed by atoms with van der Waals surface area (Å²) in [5.41, 5.74) is 2.29. The van der Waals surface area contributed by atoms with Crippen LogP contribution in [0.15, 0.2) is 24.3 Å². The molecule has 0 saturated carbocycles. The summed E-state index contributed by atoms with van der Waals surface area (Å²) in [6.07, 6.45) is 0. The predicted octanol–water partition coefficient (Wildman–Crippen LogP) is 2.18. The van der Waals surface area contributed by atoms with Crippen LogP contribution in [0.1, 0.15) is 11.1 Å². The van der Waals surface area contributed by atoms with Crippen molar-refractivity contribution in [3.05, 3.63) is 42.3 Å². The molecular weight excluding hydrogens is 120 g/mol. The lowest BCUT2D eigenvalue weighted by Gasteiger charge is -1.90. The number of rotatable bonds is 0. The Balaban J connectivity index is 2.97. The molecule has 0 bridgehead atoms. The van der Waals surface area contributed by atoms with Crippen molar-refractivity contribution in [2.75, 3.05) is 0 Å². The van der Waals surface area contributed by atoms with E-state index in [2.05, 4.69) is 25.7 Å². The monoisotopic (exact) mass is 129 g/mol. The van der Waals surface area contributed by atoms with Gasteiger partial charge in [-0.1, -0.05) is 29.5 Å². The third-order valence-corrected chi connectivity index (χ3v) is 1.28. The van der Waals surface area contributed by atoms with E-state index in [0.29, 0.717) is 0 Å². The van der Waals surface area contributed by atoms with Crippen LogP contribution in [0.5, 0.6) is 0 Å². The van der Waals surface area contributed by atoms with Gasteiger partial charge < -0.3 is 0 Å². The molecule has 0 atom stereocenters. The van der Waals surface area contributed by atoms with Gasteiger partial charge in [-0.05, 0) is 19.1 Å². The Hall–Kier alpha value is -1.22. The first-order valence-corrected chi connectivity index (χ1v) is 3.17. The second-order valence-electron chi connectivity index (χ2n) is 2.17. The molecule has 0 nitrogen and oxygen atoms in total. The first kappa shape index (κ1) is 6.89. The summed E-state index contributed by atoms with van der Waals surface area (Å²) < 4.78 is 0. The molecule has 10 heavy (non-hydrogen) atoms. The van der Waals surface area contributed by atoms with Crippen LogP contribution >= 0.6 is 0 Å². The van der Waals surface area contributed by atoms with Crippen molar-refractivity contribution >= 4 is 0 Å². The van der Waals surface area contributed by atoms with Crippen molar-refractivity contribution in [1.82, 2.24) is 0 Å². The lowest BCUT2D eigenvalue weighted by atomic mass is 10.2. The van der Waals surface area contributed by atoms with Gasteiger partial charge in [0.1, 0.15) is 0 Å². The van der Waals surface area contributed by atoms with Crippen LogP contribution in [0.4, 0.5) is 0 Å². The summed E-state index contributed by atoms with van der Waals surface area (Å²) >= 11 is 0. The van der Waals surface area contributed by atoms with Crippen LogP contribution in [-0.2, 0) is 0 Å². The van der Waals surface area contributed by atoms with Gasteiger partial charge in [0.05, 0.1) is 0 Å². The minimum absolute atomic E-state index is 1.03. The third kappa shape index (κ3) is 1.63. The van der Waals surface area contributed by atoms with Gasteiger partial charge in [0, 0.05) is 12.5 Å². The van der Waals surface area contributed by atoms with Gasteiger partial charge in [-0.3, -0.25) is 0 Å². The standard InChI is InChI=1S/C10H9/c1-3-4-10-7-5-9(2)6-8-10/h5-8H,1H2,2H3. The van der Waals surface area contributed by atoms with Crippen LogP contribution in [-0.4, -0.2) is 0 Å². The van der Waals surface area contributed by atoms with Gasteiger partial charge in [-0.2, -0.15) is 0 Å². The van der Waals surface area contributed by atoms with Crippen LogP contribution in [0.3, 0.4) is 0 Å². The lowest BCUT2D eigenvalue weighted by Crippen LogP contribution is -1.73. The first-order valence-electron chi connectivity index (χ1n) is 3.17. The molecule has 1 radical (unpaired) electrons. The predicted molar refractivity (Wildman–Crippen MR) is 43.4 cm³/mol. The third-order valence-electron chi connectivity index (χ3n) is 1.28. The van der Waals surface area contributed by atoms with E-state index in [-0.39, 0.29) is 0 Å². The second-order valence-corrected chi connectivity index (χ2v) is 2.17. The highest BCUT2D eigenvalue weighted by Crippen LogP contribution is 2.00. The van der Waals surface area contributed by atoms with E-state index in [1.807, 2.05) is 24.3 Å². The van der Waals surface area contributed by atoms with Crippen molar-refractivity contribution in [2.24, 2.45) is 0 Å². The number of benzene rings is 1. The molecule has 0 fully saturated rings. The van der Waals surface area contributed by atoms with E-state index < -0.39 is 0 Å². The van der Waals surface area contributed by atoms with Crippen molar-refractivity contribution < 1.29 is 0 Å². The average molecular weight is 129 g/mol. The van der Waals surface area contributed by atoms with E-state index in [9.17, 15) is 0 Å². The molecule has 0 aliphatic carbocycles. The fourth-order valence-electron chi connectivity index (χ4n) is 0.739. The fraction of sp³-hybridized carbons (Fsp3) is 0.100. The van der Waals surface area contributed by atoms with Crippen molar-refractivity contribution in [1.29, 1.82) is 0 Å². The molecule has 0 unspecified atom stereocenters. The molecule has 0 saturated heterocycles. The molecule has 0 heterocycles. The van der Waals surface area contributed by atoms with Gasteiger partial charge in [0.2, 0.25) is 0 Å². The Kier molecular flexibility index (Phi) is 2.12. The molecule has 1 aromatic rings. The van der Waals surface area contributed by atoms with Gasteiger partial charge in [-0.25, -0.2) is 0 Å². The summed E-state index contributed by atoms with van der Waals surface area (Å²) in [6, 6.07) is 8.07. The number of aryl methyl sites for hydroxylation is 1. The van der Waals surface area contributed by atoms with Gasteiger partial charge in [0.15, 0.2) is 0 Å². The first-order chi connectivity index (χ1) is 4.83. The zero-order valence-electron chi connectivity index (χ0n) is 6.02. The normalized spacial score (nSPS) is 8.20. The van der Waals surface area contributed by atoms with Crippen molar-refractivity contribution in [3.8, 4) is 11.8 Å². The van der Waals surface area contributed by atoms with Gasteiger partial charge in [0.25, 0.3) is 0 Å². The van der Waals surface area contributed by atoms with Crippen molar-refractivity contribution in [2.45, 2.75) is 6.92 Å². The largest absolute Gasteiger partial charge is 0.0969 e. The topological polar surface area (TPSA) is 0 Å². The van der Waals surface area contributed by atoms with E-state index in [1.54, 1.807) is 0 Å². The Labute approximate surface area is 61.9 Å². The zero-order valence-corrected chi connectivity index (χ0v) is 6.02. The van der Waals surface area contributed by atoms with Crippen LogP contribution < -0.4 is 0 Å². The summed E-state index contributed by atoms with van der Waals surface area (Å²) in [4.78, 5) is 0. The maximum atomic E-state index is 3.44. The molecule has 0 N–H and O–H groups in total. The molecule has 0 amide bonds. The molecule has 0 aliphatic rings. The van der Waals surface area contributed by atoms with E-state index in [0.717, 1.165) is 5.56 Å². The van der Waals surface area contributed by atoms with E-state index in [4.69, 9.17) is 0 Å². The van der Waals surface area contributed by atoms with Crippen LogP contribution in [0.2, 0.25) is 0 Å². The lowest BCUT2D eigenvalue weighted by molar-refractivity contribution is 1.46. The molecule has 0 spiro atoms. The second kappa shape index (κ2) is 3.08. The highest BCUT2D eigenvalue weighted by atomic mass is 13.9. The smallest absolute Gasteiger partial charge is 0.0245 e. The molecule has 1 rings (SSSR count). The Bertz CT molecular complexity index is 256. The summed E-state index contributed by atoms with van der Waals surface area (Å²) in [6.45, 7) is 5.50. The van der Waals surface area contributed by atoms with Crippen molar-refractivity contribution in [3.63, 3.8) is 0 Å². The molecule has 0 aromatic heterocycles. The van der Waals surface area contributed by atoms with Crippen LogP contribution in [0, 0.1) is 25.7 Å². The van der Waals surface area contributed by atoms with E-state index in [1.165, 1.54) is 5.56 Å². The molecule has 0 heteroatoms. The summed E-state index contributed by atoms with van der Waals surface area (Å²) in [7, 11) is 0. The molecule has 1 aromatic carbocycles. The molecule has 49 valence electrons. The highest BCUT2D eigenvalue weighted by Gasteiger charge is 1.83. The Morgan fingerprint density at radius 1 is 1.20 bits per heavy atom. The minimum atomic E-state index is 1.03. The SMILES string of the molecule is [CH2]C#Cc1ccc(C)cc1. The Morgan fingerprint density at radius 2 is 1.80 bits per heavy atom. The van der Waals surface area contributed by atoms with Gasteiger partial charge in [-0.15, -0.1) is 0 Å². The number of hydrogen-bond acceptors (Lipinski definition) is 0. The maximum Gasteiger partial charge on any atom is 0.0245 e. The number of hydrogen-bond donors (Lipinski definition) is 0. The maximum absolute atomic E-state index is 3.44. The summed E-state index contributed by atoms with van der Waals surface area (Å²) in [5, 5.41) is 0. The highest BCUT2D eigenvalue weighted by molar-refractivity contribution is 5.36. The minimum Gasteiger partial charge on any atom is -0.0969 e. The van der Waals surface area contributed by atoms with Crippen LogP contribution in [0.25, 0.3) is 0 Å². The van der Waals surface area contributed by atoms with E-state index >= 15 is 0 Å². The quantitative estimate of drug-likeness (QED) is 0.471. The average Bonchev–Trinajstić information content (AvgIpc) is 1.95. The summed E-state index contributed by atoms with van der Waals surface area (Å²) in [5.74, 6) is 5.48. The molecule has 0 aliphatic heterocycles.